The SMILES string of the molecule is CCCCCCCCOc1ccc(C(=O)Oc2ccc(-c3ccc(OC(=O)c4ccc(OCCCCCCCC)cc4OCCCCC[Si](C)(C)O[Si](C)(C)O[Si](C)(C)O[Si](C)(C)CC[Si]45Oc6ccccc6N(c6ccccc6O4)c4ccccc4O5)cc3)cc2)cc1. The Morgan fingerprint density at radius 2 is 0.809 bits per heavy atom. The molecule has 0 aliphatic carbocycles. The average molecular weight is 1360 g/mol. The Balaban J connectivity index is 0.745. The number of hydrogen-bond donors (Lipinski definition) is 0. The van der Waals surface area contributed by atoms with Crippen molar-refractivity contribution in [2.45, 2.75) is 181 Å². The van der Waals surface area contributed by atoms with Gasteiger partial charge in [0.1, 0.15) is 51.6 Å². The van der Waals surface area contributed by atoms with Crippen molar-refractivity contribution >= 4 is 71.6 Å². The summed E-state index contributed by atoms with van der Waals surface area (Å²) in [6.07, 6.45) is 16.8. The van der Waals surface area contributed by atoms with E-state index in [1.807, 2.05) is 103 Å². The number of benzene rings is 7. The van der Waals surface area contributed by atoms with Crippen molar-refractivity contribution in [1.82, 2.24) is 0 Å². The minimum absolute atomic E-state index is 0.322. The zero-order chi connectivity index (χ0) is 66.6. The largest absolute Gasteiger partial charge is 0.699 e. The molecule has 0 N–H and O–H groups in total. The van der Waals surface area contributed by atoms with Crippen molar-refractivity contribution in [2.75, 3.05) is 24.7 Å². The molecule has 7 aromatic carbocycles. The molecule has 19 heteroatoms. The van der Waals surface area contributed by atoms with Crippen LogP contribution >= 0.6 is 0 Å². The lowest BCUT2D eigenvalue weighted by atomic mass is 10.1. The highest BCUT2D eigenvalue weighted by molar-refractivity contribution is 6.89. The second-order valence-electron chi connectivity index (χ2n) is 26.8. The predicted molar refractivity (Wildman–Crippen MR) is 388 cm³/mol. The van der Waals surface area contributed by atoms with Gasteiger partial charge in [0.05, 0.1) is 48.5 Å². The monoisotopic (exact) mass is 1360 g/mol. The minimum Gasteiger partial charge on any atom is -0.494 e. The summed E-state index contributed by atoms with van der Waals surface area (Å²) >= 11 is 0. The number of carbonyl (C=O) groups is 2. The van der Waals surface area contributed by atoms with E-state index >= 15 is 0 Å². The predicted octanol–water partition coefficient (Wildman–Crippen LogP) is 21.0. The van der Waals surface area contributed by atoms with E-state index < -0.39 is 54.5 Å². The second-order valence-corrected chi connectivity index (χ2v) is 45.3. The van der Waals surface area contributed by atoms with E-state index in [4.69, 9.17) is 49.3 Å². The third kappa shape index (κ3) is 21.0. The normalized spacial score (nSPS) is 13.4. The van der Waals surface area contributed by atoms with Crippen LogP contribution in [0.5, 0.6) is 46.0 Å². The fourth-order valence-corrected chi connectivity index (χ4v) is 36.3. The van der Waals surface area contributed by atoms with Crippen molar-refractivity contribution in [2.24, 2.45) is 0 Å². The molecule has 10 rings (SSSR count). The standard InChI is InChI=1S/C75H99NO13Si5/c1-11-13-15-17-19-28-52-79-62-44-42-61(43-45-62)74(77)82-63-46-38-59(39-47-63)60-40-48-64(49-41-60)83-75(78)66-51-50-65(80-53-29-20-18-16-14-12-2)58-73(66)81-54-30-21-31-55-90(3,4)87-92(7,8)89-93(9,10)88-91(5,6)56-57-94-84-70-35-25-22-32-67(70)76(68-33-23-26-36-71(68)85-94)69-34-24-27-37-72(69)86-94/h22-27,32-51,58H,11-21,28-31,52-57H2,1-10H3. The summed E-state index contributed by atoms with van der Waals surface area (Å²) in [6.45, 7) is 23.8. The summed E-state index contributed by atoms with van der Waals surface area (Å²) in [5, 5.41) is 0. The molecule has 0 amide bonds. The van der Waals surface area contributed by atoms with Crippen LogP contribution < -0.4 is 41.9 Å². The molecule has 94 heavy (non-hydrogen) atoms. The Morgan fingerprint density at radius 1 is 0.404 bits per heavy atom. The van der Waals surface area contributed by atoms with Crippen molar-refractivity contribution in [3.05, 3.63) is 175 Å². The molecule has 14 nitrogen and oxygen atoms in total. The quantitative estimate of drug-likeness (QED) is 0.0158. The topological polar surface area (TPSA) is 139 Å². The smallest absolute Gasteiger partial charge is 0.494 e. The molecule has 502 valence electrons. The Bertz CT molecular complexity index is 3430. The van der Waals surface area contributed by atoms with Crippen LogP contribution in [0.3, 0.4) is 0 Å². The number of esters is 2. The highest BCUT2D eigenvalue weighted by Crippen LogP contribution is 2.53. The molecule has 0 saturated carbocycles. The van der Waals surface area contributed by atoms with Gasteiger partial charge in [-0.15, -0.1) is 0 Å². The van der Waals surface area contributed by atoms with Gasteiger partial charge in [-0.25, -0.2) is 9.59 Å². The van der Waals surface area contributed by atoms with Crippen molar-refractivity contribution < 1.29 is 58.9 Å². The lowest BCUT2D eigenvalue weighted by Gasteiger charge is -2.43. The number of ether oxygens (including phenoxy) is 5. The molecule has 0 radical (unpaired) electrons. The zero-order valence-corrected chi connectivity index (χ0v) is 62.2. The molecule has 0 aromatic heterocycles. The Morgan fingerprint density at radius 3 is 1.31 bits per heavy atom. The molecule has 3 heterocycles. The fraction of sp³-hybridized carbons (Fsp3) is 0.413. The number of hydrogen-bond acceptors (Lipinski definition) is 14. The number of para-hydroxylation sites is 6. The van der Waals surface area contributed by atoms with Gasteiger partial charge >= 0.3 is 37.9 Å². The van der Waals surface area contributed by atoms with E-state index in [9.17, 15) is 9.59 Å². The molecule has 0 saturated heterocycles. The van der Waals surface area contributed by atoms with Gasteiger partial charge in [0.25, 0.3) is 0 Å². The summed E-state index contributed by atoms with van der Waals surface area (Å²) in [6, 6.07) is 53.7. The molecule has 2 bridgehead atoms. The van der Waals surface area contributed by atoms with Gasteiger partial charge in [-0.1, -0.05) is 152 Å². The summed E-state index contributed by atoms with van der Waals surface area (Å²) in [7, 11) is -13.5. The Labute approximate surface area is 564 Å². The molecule has 0 spiro atoms. The van der Waals surface area contributed by atoms with Gasteiger partial charge in [-0.3, -0.25) is 0 Å². The summed E-state index contributed by atoms with van der Waals surface area (Å²) in [4.78, 5) is 29.1. The highest BCUT2D eigenvalue weighted by Gasteiger charge is 2.55. The van der Waals surface area contributed by atoms with Crippen LogP contribution in [-0.2, 0) is 12.3 Å². The van der Waals surface area contributed by atoms with E-state index in [1.54, 1.807) is 42.5 Å². The number of nitrogens with zero attached hydrogens (tertiary/aromatic N) is 1. The average Bonchev–Trinajstić information content (AvgIpc) is 0.738. The van der Waals surface area contributed by atoms with Crippen LogP contribution in [0.25, 0.3) is 11.1 Å². The van der Waals surface area contributed by atoms with Gasteiger partial charge in [-0.2, -0.15) is 0 Å². The van der Waals surface area contributed by atoms with Crippen molar-refractivity contribution in [3.63, 3.8) is 0 Å². The summed E-state index contributed by atoms with van der Waals surface area (Å²) < 4.78 is 72.5. The van der Waals surface area contributed by atoms with Gasteiger partial charge in [0, 0.05) is 6.07 Å². The summed E-state index contributed by atoms with van der Waals surface area (Å²) in [5.74, 6) is 3.87. The van der Waals surface area contributed by atoms with Crippen LogP contribution in [0, 0.1) is 0 Å². The lowest BCUT2D eigenvalue weighted by molar-refractivity contribution is 0.0722. The highest BCUT2D eigenvalue weighted by atomic mass is 28.5. The maximum atomic E-state index is 14.0. The molecule has 0 atom stereocenters. The van der Waals surface area contributed by atoms with Crippen LogP contribution in [-0.4, -0.2) is 74.3 Å². The molecule has 0 unspecified atom stereocenters. The van der Waals surface area contributed by atoms with Crippen LogP contribution in [0.2, 0.25) is 70.5 Å². The van der Waals surface area contributed by atoms with E-state index in [0.717, 1.165) is 108 Å². The first kappa shape index (κ1) is 71.3. The van der Waals surface area contributed by atoms with Crippen LogP contribution in [0.15, 0.2) is 164 Å². The first-order valence-electron chi connectivity index (χ1n) is 34.2. The Kier molecular flexibility index (Phi) is 25.5. The Hall–Kier alpha value is -6.96. The number of rotatable bonds is 37. The minimum atomic E-state index is -3.49. The summed E-state index contributed by atoms with van der Waals surface area (Å²) in [5.41, 5.74) is 5.41. The maximum Gasteiger partial charge on any atom is 0.699 e. The van der Waals surface area contributed by atoms with E-state index in [0.29, 0.717) is 60.0 Å². The molecule has 7 aromatic rings. The first-order valence-corrected chi connectivity index (χ1v) is 48.0. The second kappa shape index (κ2) is 33.6. The van der Waals surface area contributed by atoms with Gasteiger partial charge in [0.15, 0.2) is 16.6 Å². The zero-order valence-electron chi connectivity index (χ0n) is 57.2. The third-order valence-corrected chi connectivity index (χ3v) is 34.9. The van der Waals surface area contributed by atoms with E-state index in [2.05, 4.69) is 89.3 Å². The number of unbranched alkanes of at least 4 members (excludes halogenated alkanes) is 12. The van der Waals surface area contributed by atoms with Crippen molar-refractivity contribution in [3.8, 4) is 57.1 Å². The molecule has 3 aliphatic heterocycles. The molecule has 0 fully saturated rings. The maximum absolute atomic E-state index is 14.0. The van der Waals surface area contributed by atoms with E-state index in [1.165, 1.54) is 51.4 Å². The third-order valence-electron chi connectivity index (χ3n) is 16.6. The van der Waals surface area contributed by atoms with Crippen LogP contribution in [0.1, 0.15) is 131 Å². The number of carbonyl (C=O) groups excluding carboxylic acids is 2. The molecular weight excluding hydrogens is 1260 g/mol. The number of anilines is 3. The lowest BCUT2D eigenvalue weighted by Crippen LogP contribution is -2.59. The van der Waals surface area contributed by atoms with Gasteiger partial charge in [0.2, 0.25) is 0 Å². The molecule has 3 aliphatic rings. The van der Waals surface area contributed by atoms with Gasteiger partial charge in [-0.05, 0) is 192 Å². The molecular formula is C75H99NO13Si5. The van der Waals surface area contributed by atoms with Gasteiger partial charge < -0.3 is 54.2 Å². The van der Waals surface area contributed by atoms with Crippen LogP contribution in [0.4, 0.5) is 17.1 Å². The fourth-order valence-electron chi connectivity index (χ4n) is 12.3. The first-order chi connectivity index (χ1) is 45.2. The van der Waals surface area contributed by atoms with E-state index in [-0.39, 0.29) is 0 Å². The van der Waals surface area contributed by atoms with Crippen molar-refractivity contribution in [1.29, 1.82) is 0 Å².